The number of alkyl halides is 2. The van der Waals surface area contributed by atoms with Crippen molar-refractivity contribution in [2.75, 3.05) is 0 Å². The Morgan fingerprint density at radius 2 is 1.66 bits per heavy atom. The van der Waals surface area contributed by atoms with Gasteiger partial charge in [-0.15, -0.1) is 0 Å². The number of hydroxylamine groups is 1. The molecule has 2 atom stereocenters. The normalized spacial score (nSPS) is 14.6. The second-order valence-corrected chi connectivity index (χ2v) is 7.36. The highest BCUT2D eigenvalue weighted by Crippen LogP contribution is 2.30. The quantitative estimate of drug-likeness (QED) is 0.402. The van der Waals surface area contributed by atoms with Gasteiger partial charge in [0.2, 0.25) is 5.91 Å². The molecule has 0 bridgehead atoms. The number of carbonyl (C=O) groups excluding carboxylic acids is 1. The summed E-state index contributed by atoms with van der Waals surface area (Å²) in [5.74, 6) is -2.47. The molecule has 0 saturated heterocycles. The van der Waals surface area contributed by atoms with Crippen molar-refractivity contribution >= 4 is 16.7 Å². The molecule has 0 aliphatic heterocycles. The molecular weight excluding hydrogens is 376 g/mol. The summed E-state index contributed by atoms with van der Waals surface area (Å²) in [6.45, 7) is 0.906. The van der Waals surface area contributed by atoms with E-state index in [0.29, 0.717) is 6.42 Å². The number of hydrogen-bond donors (Lipinski definition) is 3. The minimum atomic E-state index is -3.11. The summed E-state index contributed by atoms with van der Waals surface area (Å²) in [7, 11) is 0. The third-order valence-corrected chi connectivity index (χ3v) is 5.31. The number of nitrogens with one attached hydrogen (secondary N) is 1. The van der Waals surface area contributed by atoms with Crippen LogP contribution in [0, 0.1) is 5.92 Å². The average Bonchev–Trinajstić information content (AvgIpc) is 2.73. The molecular formula is C23H23F2NO3. The molecule has 29 heavy (non-hydrogen) atoms. The van der Waals surface area contributed by atoms with E-state index in [0.717, 1.165) is 34.4 Å². The van der Waals surface area contributed by atoms with Crippen molar-refractivity contribution in [3.8, 4) is 11.1 Å². The van der Waals surface area contributed by atoms with E-state index in [1.165, 1.54) is 5.48 Å². The summed E-state index contributed by atoms with van der Waals surface area (Å²) in [6, 6.07) is 21.9. The Balaban J connectivity index is 1.80. The largest absolute Gasteiger partial charge is 0.383 e. The van der Waals surface area contributed by atoms with Crippen LogP contribution in [-0.2, 0) is 11.2 Å². The molecule has 3 aromatic carbocycles. The van der Waals surface area contributed by atoms with E-state index in [4.69, 9.17) is 5.21 Å². The van der Waals surface area contributed by atoms with Gasteiger partial charge in [0.1, 0.15) is 5.60 Å². The Bertz CT molecular complexity index is 990. The van der Waals surface area contributed by atoms with Gasteiger partial charge in [0, 0.05) is 0 Å². The molecule has 0 saturated carbocycles. The molecule has 0 aliphatic rings. The first-order valence-electron chi connectivity index (χ1n) is 9.35. The van der Waals surface area contributed by atoms with Gasteiger partial charge in [0.05, 0.1) is 5.92 Å². The monoisotopic (exact) mass is 399 g/mol. The van der Waals surface area contributed by atoms with Crippen molar-refractivity contribution in [1.29, 1.82) is 0 Å². The first-order chi connectivity index (χ1) is 13.8. The van der Waals surface area contributed by atoms with Gasteiger partial charge in [-0.2, -0.15) is 0 Å². The lowest BCUT2D eigenvalue weighted by Crippen LogP contribution is -2.49. The molecule has 0 aromatic heterocycles. The molecule has 3 aromatic rings. The molecule has 0 aliphatic carbocycles. The molecule has 0 fully saturated rings. The minimum Gasteiger partial charge on any atom is -0.383 e. The van der Waals surface area contributed by atoms with E-state index < -0.39 is 23.9 Å². The highest BCUT2D eigenvalue weighted by atomic mass is 19.3. The standard InChI is InChI=1S/C23H23F2NO3/c1-23(28,22(24)25)20(21(27)26-29)12-8-15-7-9-19-14-18(11-10-17(19)13-15)16-5-3-2-4-6-16/h2-7,9-11,13-14,20,22,28-29H,8,12H2,1H3,(H,26,27). The van der Waals surface area contributed by atoms with Crippen LogP contribution in [0.4, 0.5) is 8.78 Å². The number of carbonyl (C=O) groups is 1. The van der Waals surface area contributed by atoms with Gasteiger partial charge in [-0.3, -0.25) is 10.0 Å². The predicted octanol–water partition coefficient (Wildman–Crippen LogP) is 4.58. The van der Waals surface area contributed by atoms with Gasteiger partial charge in [0.15, 0.2) is 0 Å². The highest BCUT2D eigenvalue weighted by Gasteiger charge is 2.44. The van der Waals surface area contributed by atoms with Gasteiger partial charge in [-0.05, 0) is 53.3 Å². The van der Waals surface area contributed by atoms with Crippen LogP contribution in [0.15, 0.2) is 66.7 Å². The zero-order chi connectivity index (χ0) is 21.0. The van der Waals surface area contributed by atoms with Crippen molar-refractivity contribution in [2.24, 2.45) is 5.92 Å². The summed E-state index contributed by atoms with van der Waals surface area (Å²) >= 11 is 0. The number of benzene rings is 3. The van der Waals surface area contributed by atoms with Crippen molar-refractivity contribution in [1.82, 2.24) is 5.48 Å². The Kier molecular flexibility index (Phi) is 6.25. The Morgan fingerprint density at radius 1 is 1.00 bits per heavy atom. The summed E-state index contributed by atoms with van der Waals surface area (Å²) < 4.78 is 26.3. The molecule has 0 radical (unpaired) electrons. The van der Waals surface area contributed by atoms with Gasteiger partial charge < -0.3 is 5.11 Å². The molecule has 1 amide bonds. The van der Waals surface area contributed by atoms with Crippen LogP contribution in [0.5, 0.6) is 0 Å². The van der Waals surface area contributed by atoms with Gasteiger partial charge in [-0.1, -0.05) is 60.7 Å². The van der Waals surface area contributed by atoms with Crippen LogP contribution in [0.2, 0.25) is 0 Å². The Labute approximate surface area is 167 Å². The van der Waals surface area contributed by atoms with Crippen molar-refractivity contribution in [2.45, 2.75) is 31.8 Å². The maximum absolute atomic E-state index is 13.2. The summed E-state index contributed by atoms with van der Waals surface area (Å²) in [5.41, 5.74) is 1.91. The van der Waals surface area contributed by atoms with Gasteiger partial charge in [0.25, 0.3) is 6.43 Å². The van der Waals surface area contributed by atoms with Crippen LogP contribution in [-0.4, -0.2) is 28.2 Å². The first kappa shape index (κ1) is 20.9. The topological polar surface area (TPSA) is 69.6 Å². The number of fused-ring (bicyclic) bond motifs is 1. The lowest BCUT2D eigenvalue weighted by molar-refractivity contribution is -0.159. The number of rotatable bonds is 7. The van der Waals surface area contributed by atoms with Crippen LogP contribution in [0.3, 0.4) is 0 Å². The van der Waals surface area contributed by atoms with Crippen molar-refractivity contribution in [3.63, 3.8) is 0 Å². The molecule has 6 heteroatoms. The maximum atomic E-state index is 13.2. The number of hydrogen-bond acceptors (Lipinski definition) is 3. The van der Waals surface area contributed by atoms with Crippen LogP contribution in [0.1, 0.15) is 18.9 Å². The SMILES string of the molecule is CC(O)(C(F)F)C(CCc1ccc2cc(-c3ccccc3)ccc2c1)C(=O)NO. The fraction of sp³-hybridized carbons (Fsp3) is 0.261. The molecule has 4 nitrogen and oxygen atoms in total. The number of aryl methyl sites for hydroxylation is 1. The van der Waals surface area contributed by atoms with E-state index in [1.807, 2.05) is 60.7 Å². The second-order valence-electron chi connectivity index (χ2n) is 7.36. The average molecular weight is 399 g/mol. The van der Waals surface area contributed by atoms with E-state index in [1.54, 1.807) is 0 Å². The van der Waals surface area contributed by atoms with Crippen molar-refractivity contribution < 1.29 is 23.9 Å². The fourth-order valence-corrected chi connectivity index (χ4v) is 3.49. The van der Waals surface area contributed by atoms with Crippen LogP contribution >= 0.6 is 0 Å². The molecule has 3 rings (SSSR count). The number of amides is 1. The Morgan fingerprint density at radius 3 is 2.31 bits per heavy atom. The third-order valence-electron chi connectivity index (χ3n) is 5.31. The molecule has 152 valence electrons. The first-order valence-corrected chi connectivity index (χ1v) is 9.35. The van der Waals surface area contributed by atoms with Crippen LogP contribution in [0.25, 0.3) is 21.9 Å². The van der Waals surface area contributed by atoms with Gasteiger partial charge in [-0.25, -0.2) is 14.3 Å². The summed E-state index contributed by atoms with van der Waals surface area (Å²) in [6.07, 6.45) is -2.84. The second kappa shape index (κ2) is 8.68. The molecule has 2 unspecified atom stereocenters. The maximum Gasteiger partial charge on any atom is 0.267 e. The highest BCUT2D eigenvalue weighted by molar-refractivity contribution is 5.88. The third kappa shape index (κ3) is 4.60. The summed E-state index contributed by atoms with van der Waals surface area (Å²) in [4.78, 5) is 11.8. The van der Waals surface area contributed by atoms with E-state index in [2.05, 4.69) is 6.07 Å². The van der Waals surface area contributed by atoms with E-state index in [-0.39, 0.29) is 6.42 Å². The predicted molar refractivity (Wildman–Crippen MR) is 108 cm³/mol. The van der Waals surface area contributed by atoms with Crippen molar-refractivity contribution in [3.05, 3.63) is 72.3 Å². The van der Waals surface area contributed by atoms with E-state index >= 15 is 0 Å². The molecule has 3 N–H and O–H groups in total. The fourth-order valence-electron chi connectivity index (χ4n) is 3.49. The molecule has 0 spiro atoms. The number of aliphatic hydroxyl groups is 1. The zero-order valence-electron chi connectivity index (χ0n) is 16.0. The lowest BCUT2D eigenvalue weighted by Gasteiger charge is -2.30. The summed E-state index contributed by atoms with van der Waals surface area (Å²) in [5, 5.41) is 20.9. The van der Waals surface area contributed by atoms with Gasteiger partial charge >= 0.3 is 0 Å². The number of halogens is 2. The Hall–Kier alpha value is -2.83. The smallest absolute Gasteiger partial charge is 0.267 e. The van der Waals surface area contributed by atoms with E-state index in [9.17, 15) is 18.7 Å². The van der Waals surface area contributed by atoms with Crippen LogP contribution < -0.4 is 5.48 Å². The minimum absolute atomic E-state index is 0.0304. The zero-order valence-corrected chi connectivity index (χ0v) is 16.0. The molecule has 0 heterocycles. The lowest BCUT2D eigenvalue weighted by atomic mass is 9.84.